The van der Waals surface area contributed by atoms with Gasteiger partial charge in [0.25, 0.3) is 0 Å². The van der Waals surface area contributed by atoms with Gasteiger partial charge >= 0.3 is 5.97 Å². The SMILES string of the molecule is O=C(O)c1nnn(C2CCCC2O)c1-c1ccc(F)cc1. The first-order valence-corrected chi connectivity index (χ1v) is 6.70. The third-order valence-electron chi connectivity index (χ3n) is 3.77. The van der Waals surface area contributed by atoms with Crippen LogP contribution in [-0.2, 0) is 0 Å². The normalized spacial score (nSPS) is 21.6. The number of aromatic carboxylic acids is 1. The van der Waals surface area contributed by atoms with E-state index in [1.54, 1.807) is 0 Å². The van der Waals surface area contributed by atoms with Crippen LogP contribution in [-0.4, -0.2) is 37.3 Å². The Hall–Kier alpha value is -2.28. The van der Waals surface area contributed by atoms with Gasteiger partial charge < -0.3 is 10.2 Å². The smallest absolute Gasteiger partial charge is 0.358 e. The molecule has 2 aromatic rings. The fourth-order valence-electron chi connectivity index (χ4n) is 2.75. The highest BCUT2D eigenvalue weighted by atomic mass is 19.1. The molecule has 1 saturated carbocycles. The summed E-state index contributed by atoms with van der Waals surface area (Å²) in [6.45, 7) is 0. The number of halogens is 1. The van der Waals surface area contributed by atoms with Gasteiger partial charge in [0.1, 0.15) is 11.5 Å². The van der Waals surface area contributed by atoms with E-state index in [1.807, 2.05) is 0 Å². The van der Waals surface area contributed by atoms with Crippen molar-refractivity contribution < 1.29 is 19.4 Å². The van der Waals surface area contributed by atoms with Crippen LogP contribution in [0.4, 0.5) is 4.39 Å². The Morgan fingerprint density at radius 1 is 1.29 bits per heavy atom. The second kappa shape index (κ2) is 5.25. The van der Waals surface area contributed by atoms with Crippen molar-refractivity contribution in [1.29, 1.82) is 0 Å². The summed E-state index contributed by atoms with van der Waals surface area (Å²) < 4.78 is 14.5. The van der Waals surface area contributed by atoms with Gasteiger partial charge in [-0.15, -0.1) is 5.10 Å². The second-order valence-corrected chi connectivity index (χ2v) is 5.11. The largest absolute Gasteiger partial charge is 0.476 e. The molecule has 6 nitrogen and oxygen atoms in total. The van der Waals surface area contributed by atoms with E-state index in [2.05, 4.69) is 10.3 Å². The lowest BCUT2D eigenvalue weighted by Crippen LogP contribution is -2.20. The molecule has 2 atom stereocenters. The number of rotatable bonds is 3. The predicted octanol–water partition coefficient (Wildman–Crippen LogP) is 1.87. The molecule has 0 spiro atoms. The average Bonchev–Trinajstić information content (AvgIpc) is 3.05. The number of carbonyl (C=O) groups is 1. The number of hydrogen-bond donors (Lipinski definition) is 2. The summed E-state index contributed by atoms with van der Waals surface area (Å²) >= 11 is 0. The van der Waals surface area contributed by atoms with Crippen molar-refractivity contribution in [3.8, 4) is 11.3 Å². The lowest BCUT2D eigenvalue weighted by atomic mass is 10.1. The monoisotopic (exact) mass is 291 g/mol. The Kier molecular flexibility index (Phi) is 3.42. The first-order chi connectivity index (χ1) is 10.1. The summed E-state index contributed by atoms with van der Waals surface area (Å²) in [7, 11) is 0. The topological polar surface area (TPSA) is 88.2 Å². The molecule has 110 valence electrons. The molecular formula is C14H14FN3O3. The summed E-state index contributed by atoms with van der Waals surface area (Å²) in [6.07, 6.45) is 1.62. The van der Waals surface area contributed by atoms with Gasteiger partial charge in [0.15, 0.2) is 5.69 Å². The Labute approximate surface area is 119 Å². The second-order valence-electron chi connectivity index (χ2n) is 5.11. The van der Waals surface area contributed by atoms with Crippen LogP contribution in [0.5, 0.6) is 0 Å². The van der Waals surface area contributed by atoms with E-state index in [9.17, 15) is 19.4 Å². The third-order valence-corrected chi connectivity index (χ3v) is 3.77. The lowest BCUT2D eigenvalue weighted by molar-refractivity contribution is 0.0691. The first kappa shape index (κ1) is 13.7. The van der Waals surface area contributed by atoms with Gasteiger partial charge in [-0.1, -0.05) is 5.21 Å². The number of benzene rings is 1. The highest BCUT2D eigenvalue weighted by molar-refractivity contribution is 5.92. The van der Waals surface area contributed by atoms with Crippen LogP contribution in [0.15, 0.2) is 24.3 Å². The predicted molar refractivity (Wildman–Crippen MR) is 71.3 cm³/mol. The van der Waals surface area contributed by atoms with Crippen LogP contribution in [0.3, 0.4) is 0 Å². The minimum absolute atomic E-state index is 0.194. The molecule has 1 heterocycles. The molecule has 3 rings (SSSR count). The number of aromatic nitrogens is 3. The number of aliphatic hydroxyl groups excluding tert-OH is 1. The molecular weight excluding hydrogens is 277 g/mol. The Morgan fingerprint density at radius 3 is 2.57 bits per heavy atom. The van der Waals surface area contributed by atoms with E-state index in [-0.39, 0.29) is 11.7 Å². The molecule has 0 radical (unpaired) electrons. The fourth-order valence-corrected chi connectivity index (χ4v) is 2.75. The maximum Gasteiger partial charge on any atom is 0.358 e. The van der Waals surface area contributed by atoms with E-state index >= 15 is 0 Å². The van der Waals surface area contributed by atoms with Gasteiger partial charge in [-0.05, 0) is 43.5 Å². The van der Waals surface area contributed by atoms with E-state index in [1.165, 1.54) is 28.9 Å². The molecule has 0 bridgehead atoms. The standard InChI is InChI=1S/C14H14FN3O3/c15-9-6-4-8(5-7-9)13-12(14(20)21)16-17-18(13)10-2-1-3-11(10)19/h4-7,10-11,19H,1-3H2,(H,20,21). The van der Waals surface area contributed by atoms with Crippen molar-refractivity contribution >= 4 is 5.97 Å². The molecule has 1 aliphatic rings. The van der Waals surface area contributed by atoms with Crippen molar-refractivity contribution in [3.05, 3.63) is 35.8 Å². The van der Waals surface area contributed by atoms with Crippen LogP contribution in [0.2, 0.25) is 0 Å². The number of nitrogens with zero attached hydrogens (tertiary/aromatic N) is 3. The number of aliphatic hydroxyl groups is 1. The van der Waals surface area contributed by atoms with Crippen LogP contribution in [0.1, 0.15) is 35.8 Å². The molecule has 2 N–H and O–H groups in total. The summed E-state index contributed by atoms with van der Waals surface area (Å²) in [4.78, 5) is 11.3. The summed E-state index contributed by atoms with van der Waals surface area (Å²) in [5.41, 5.74) is 0.618. The van der Waals surface area contributed by atoms with E-state index in [4.69, 9.17) is 0 Å². The maximum atomic E-state index is 13.1. The summed E-state index contributed by atoms with van der Waals surface area (Å²) in [5.74, 6) is -1.61. The minimum Gasteiger partial charge on any atom is -0.476 e. The zero-order valence-corrected chi connectivity index (χ0v) is 11.1. The summed E-state index contributed by atoms with van der Waals surface area (Å²) in [6, 6.07) is 5.18. The highest BCUT2D eigenvalue weighted by Gasteiger charge is 2.32. The number of hydrogen-bond acceptors (Lipinski definition) is 4. The van der Waals surface area contributed by atoms with Crippen LogP contribution >= 0.6 is 0 Å². The molecule has 2 unspecified atom stereocenters. The van der Waals surface area contributed by atoms with Crippen molar-refractivity contribution in [2.45, 2.75) is 31.4 Å². The first-order valence-electron chi connectivity index (χ1n) is 6.70. The average molecular weight is 291 g/mol. The molecule has 21 heavy (non-hydrogen) atoms. The Bertz CT molecular complexity index is 669. The van der Waals surface area contributed by atoms with Crippen molar-refractivity contribution in [3.63, 3.8) is 0 Å². The van der Waals surface area contributed by atoms with Crippen molar-refractivity contribution in [2.24, 2.45) is 0 Å². The minimum atomic E-state index is -1.20. The van der Waals surface area contributed by atoms with Crippen LogP contribution in [0.25, 0.3) is 11.3 Å². The van der Waals surface area contributed by atoms with Gasteiger partial charge in [0, 0.05) is 5.56 Å². The fraction of sp³-hybridized carbons (Fsp3) is 0.357. The molecule has 1 fully saturated rings. The van der Waals surface area contributed by atoms with Gasteiger partial charge in [-0.25, -0.2) is 13.9 Å². The molecule has 1 aliphatic carbocycles. The molecule has 0 aliphatic heterocycles. The van der Waals surface area contributed by atoms with Gasteiger partial charge in [0.05, 0.1) is 12.1 Å². The van der Waals surface area contributed by atoms with E-state index in [0.29, 0.717) is 24.1 Å². The lowest BCUT2D eigenvalue weighted by Gasteiger charge is -2.17. The zero-order valence-electron chi connectivity index (χ0n) is 11.1. The molecule has 1 aromatic carbocycles. The van der Waals surface area contributed by atoms with E-state index in [0.717, 1.165) is 6.42 Å². The molecule has 7 heteroatoms. The Morgan fingerprint density at radius 2 is 2.00 bits per heavy atom. The van der Waals surface area contributed by atoms with Crippen molar-refractivity contribution in [1.82, 2.24) is 15.0 Å². The highest BCUT2D eigenvalue weighted by Crippen LogP contribution is 2.34. The zero-order chi connectivity index (χ0) is 15.0. The quantitative estimate of drug-likeness (QED) is 0.901. The van der Waals surface area contributed by atoms with Gasteiger partial charge in [-0.3, -0.25) is 0 Å². The van der Waals surface area contributed by atoms with E-state index < -0.39 is 17.9 Å². The third kappa shape index (κ3) is 2.40. The summed E-state index contributed by atoms with van der Waals surface area (Å²) in [5, 5.41) is 26.9. The van der Waals surface area contributed by atoms with Gasteiger partial charge in [0.2, 0.25) is 0 Å². The van der Waals surface area contributed by atoms with Crippen molar-refractivity contribution in [2.75, 3.05) is 0 Å². The Balaban J connectivity index is 2.13. The maximum absolute atomic E-state index is 13.1. The number of carboxylic acid groups (broad SMARTS) is 1. The number of carboxylic acids is 1. The molecule has 1 aromatic heterocycles. The van der Waals surface area contributed by atoms with Gasteiger partial charge in [-0.2, -0.15) is 0 Å². The van der Waals surface area contributed by atoms with Crippen LogP contribution < -0.4 is 0 Å². The molecule has 0 amide bonds. The molecule has 0 saturated heterocycles. The van der Waals surface area contributed by atoms with Crippen LogP contribution in [0, 0.1) is 5.82 Å².